The zero-order valence-electron chi connectivity index (χ0n) is 10.8. The second-order valence-corrected chi connectivity index (χ2v) is 5.76. The minimum Gasteiger partial charge on any atom is -0.389 e. The van der Waals surface area contributed by atoms with Crippen molar-refractivity contribution < 1.29 is 9.90 Å². The van der Waals surface area contributed by atoms with Crippen molar-refractivity contribution in [1.82, 2.24) is 0 Å². The standard InChI is InChI=1S/C14H24O2/c1-10(15)6-5-7-12-11(2)13(16)8-9-14(12,3)4/h12-13,16H,2,5-9H2,1,3-4H3/t12?,13-/m0/s1. The maximum absolute atomic E-state index is 10.9. The van der Waals surface area contributed by atoms with Crippen LogP contribution in [-0.2, 0) is 4.79 Å². The topological polar surface area (TPSA) is 37.3 Å². The zero-order valence-corrected chi connectivity index (χ0v) is 10.8. The van der Waals surface area contributed by atoms with Crippen LogP contribution < -0.4 is 0 Å². The Morgan fingerprint density at radius 2 is 2.19 bits per heavy atom. The SMILES string of the molecule is C=C1C(CCCC(C)=O)C(C)(C)CC[C@@H]1O. The fourth-order valence-electron chi connectivity index (χ4n) is 2.73. The van der Waals surface area contributed by atoms with Gasteiger partial charge in [0, 0.05) is 6.42 Å². The van der Waals surface area contributed by atoms with Gasteiger partial charge in [0.1, 0.15) is 5.78 Å². The average Bonchev–Trinajstić information content (AvgIpc) is 2.17. The van der Waals surface area contributed by atoms with E-state index >= 15 is 0 Å². The van der Waals surface area contributed by atoms with E-state index in [2.05, 4.69) is 20.4 Å². The van der Waals surface area contributed by atoms with Crippen molar-refractivity contribution in [3.05, 3.63) is 12.2 Å². The molecule has 2 heteroatoms. The fourth-order valence-corrected chi connectivity index (χ4v) is 2.73. The number of aliphatic hydroxyl groups is 1. The lowest BCUT2D eigenvalue weighted by molar-refractivity contribution is -0.117. The lowest BCUT2D eigenvalue weighted by atomic mass is 9.64. The number of hydrogen-bond acceptors (Lipinski definition) is 2. The van der Waals surface area contributed by atoms with Gasteiger partial charge in [0.15, 0.2) is 0 Å². The molecule has 0 radical (unpaired) electrons. The quantitative estimate of drug-likeness (QED) is 0.745. The Hall–Kier alpha value is -0.630. The summed E-state index contributed by atoms with van der Waals surface area (Å²) >= 11 is 0. The van der Waals surface area contributed by atoms with E-state index in [9.17, 15) is 9.90 Å². The minimum atomic E-state index is -0.338. The van der Waals surface area contributed by atoms with E-state index < -0.39 is 0 Å². The highest BCUT2D eigenvalue weighted by atomic mass is 16.3. The van der Waals surface area contributed by atoms with Crippen LogP contribution in [0, 0.1) is 11.3 Å². The molecule has 0 aromatic rings. The molecule has 0 aromatic heterocycles. The molecule has 1 rings (SSSR count). The highest BCUT2D eigenvalue weighted by molar-refractivity contribution is 5.75. The maximum Gasteiger partial charge on any atom is 0.129 e. The summed E-state index contributed by atoms with van der Waals surface area (Å²) < 4.78 is 0. The third kappa shape index (κ3) is 3.18. The maximum atomic E-state index is 10.9. The molecule has 2 atom stereocenters. The lowest BCUT2D eigenvalue weighted by Gasteiger charge is -2.42. The molecule has 1 fully saturated rings. The highest BCUT2D eigenvalue weighted by Crippen LogP contribution is 2.45. The van der Waals surface area contributed by atoms with Crippen LogP contribution >= 0.6 is 0 Å². The Morgan fingerprint density at radius 1 is 1.56 bits per heavy atom. The first-order valence-electron chi connectivity index (χ1n) is 6.21. The molecule has 1 saturated carbocycles. The van der Waals surface area contributed by atoms with E-state index in [0.717, 1.165) is 31.3 Å². The van der Waals surface area contributed by atoms with Gasteiger partial charge in [0.05, 0.1) is 6.10 Å². The molecule has 92 valence electrons. The van der Waals surface area contributed by atoms with Crippen molar-refractivity contribution >= 4 is 5.78 Å². The van der Waals surface area contributed by atoms with Gasteiger partial charge in [-0.05, 0) is 49.5 Å². The summed E-state index contributed by atoms with van der Waals surface area (Å²) in [5, 5.41) is 9.82. The van der Waals surface area contributed by atoms with Crippen LogP contribution in [-0.4, -0.2) is 17.0 Å². The van der Waals surface area contributed by atoms with E-state index in [1.807, 2.05) is 0 Å². The molecule has 0 saturated heterocycles. The number of hydrogen-bond donors (Lipinski definition) is 1. The molecule has 0 spiro atoms. The summed E-state index contributed by atoms with van der Waals surface area (Å²) in [6.45, 7) is 10.1. The molecule has 0 aliphatic heterocycles. The summed E-state index contributed by atoms with van der Waals surface area (Å²) in [7, 11) is 0. The predicted octanol–water partition coefficient (Wildman–Crippen LogP) is 3.10. The molecule has 1 N–H and O–H groups in total. The second-order valence-electron chi connectivity index (χ2n) is 5.76. The van der Waals surface area contributed by atoms with Crippen LogP contribution in [0.2, 0.25) is 0 Å². The van der Waals surface area contributed by atoms with Gasteiger partial charge in [0.25, 0.3) is 0 Å². The van der Waals surface area contributed by atoms with Crippen molar-refractivity contribution in [2.75, 3.05) is 0 Å². The fraction of sp³-hybridized carbons (Fsp3) is 0.786. The van der Waals surface area contributed by atoms with Gasteiger partial charge in [-0.3, -0.25) is 0 Å². The van der Waals surface area contributed by atoms with Crippen LogP contribution in [0.5, 0.6) is 0 Å². The molecule has 1 unspecified atom stereocenters. The van der Waals surface area contributed by atoms with Crippen molar-refractivity contribution in [3.8, 4) is 0 Å². The van der Waals surface area contributed by atoms with Gasteiger partial charge in [-0.25, -0.2) is 0 Å². The van der Waals surface area contributed by atoms with Gasteiger partial charge in [-0.2, -0.15) is 0 Å². The molecule has 1 aliphatic carbocycles. The molecule has 0 heterocycles. The number of carbonyl (C=O) groups is 1. The Morgan fingerprint density at radius 3 is 2.75 bits per heavy atom. The number of rotatable bonds is 4. The van der Waals surface area contributed by atoms with E-state index in [4.69, 9.17) is 0 Å². The first-order chi connectivity index (χ1) is 7.34. The number of ketones is 1. The first kappa shape index (κ1) is 13.4. The monoisotopic (exact) mass is 224 g/mol. The summed E-state index contributed by atoms with van der Waals surface area (Å²) in [5.74, 6) is 0.607. The third-order valence-corrected chi connectivity index (χ3v) is 3.90. The predicted molar refractivity (Wildman–Crippen MR) is 66.2 cm³/mol. The summed E-state index contributed by atoms with van der Waals surface area (Å²) in [6, 6.07) is 0. The molecule has 1 aliphatic rings. The van der Waals surface area contributed by atoms with Crippen LogP contribution in [0.3, 0.4) is 0 Å². The van der Waals surface area contributed by atoms with Gasteiger partial charge in [0.2, 0.25) is 0 Å². The number of carbonyl (C=O) groups excluding carboxylic acids is 1. The number of Topliss-reactive ketones (excluding diaryl/α,β-unsaturated/α-hetero) is 1. The smallest absolute Gasteiger partial charge is 0.129 e. The van der Waals surface area contributed by atoms with E-state index in [1.54, 1.807) is 6.92 Å². The van der Waals surface area contributed by atoms with Gasteiger partial charge < -0.3 is 9.90 Å². The third-order valence-electron chi connectivity index (χ3n) is 3.90. The van der Waals surface area contributed by atoms with E-state index in [1.165, 1.54) is 0 Å². The average molecular weight is 224 g/mol. The molecular formula is C14H24O2. The molecule has 0 amide bonds. The molecule has 0 bridgehead atoms. The molecular weight excluding hydrogens is 200 g/mol. The first-order valence-corrected chi connectivity index (χ1v) is 6.21. The minimum absolute atomic E-state index is 0.215. The Balaban J connectivity index is 2.58. The summed E-state index contributed by atoms with van der Waals surface area (Å²) in [4.78, 5) is 10.9. The number of aliphatic hydroxyl groups excluding tert-OH is 1. The Labute approximate surface area is 98.7 Å². The van der Waals surface area contributed by atoms with Gasteiger partial charge >= 0.3 is 0 Å². The molecule has 2 nitrogen and oxygen atoms in total. The van der Waals surface area contributed by atoms with Crippen LogP contribution in [0.25, 0.3) is 0 Å². The van der Waals surface area contributed by atoms with Crippen molar-refractivity contribution in [2.24, 2.45) is 11.3 Å². The van der Waals surface area contributed by atoms with Crippen LogP contribution in [0.1, 0.15) is 52.9 Å². The lowest BCUT2D eigenvalue weighted by Crippen LogP contribution is -2.36. The molecule has 16 heavy (non-hydrogen) atoms. The normalized spacial score (nSPS) is 29.1. The molecule has 0 aromatic carbocycles. The Kier molecular flexibility index (Phi) is 4.31. The van der Waals surface area contributed by atoms with Crippen molar-refractivity contribution in [3.63, 3.8) is 0 Å². The van der Waals surface area contributed by atoms with E-state index in [0.29, 0.717) is 12.3 Å². The highest BCUT2D eigenvalue weighted by Gasteiger charge is 2.37. The Bertz CT molecular complexity index is 278. The summed E-state index contributed by atoms with van der Waals surface area (Å²) in [6.07, 6.45) is 4.07. The largest absolute Gasteiger partial charge is 0.389 e. The van der Waals surface area contributed by atoms with Crippen LogP contribution in [0.15, 0.2) is 12.2 Å². The zero-order chi connectivity index (χ0) is 12.3. The van der Waals surface area contributed by atoms with E-state index in [-0.39, 0.29) is 17.3 Å². The summed E-state index contributed by atoms with van der Waals surface area (Å²) in [5.41, 5.74) is 1.19. The van der Waals surface area contributed by atoms with Gasteiger partial charge in [-0.1, -0.05) is 20.4 Å². The van der Waals surface area contributed by atoms with Gasteiger partial charge in [-0.15, -0.1) is 0 Å². The second kappa shape index (κ2) is 5.13. The van der Waals surface area contributed by atoms with Crippen molar-refractivity contribution in [1.29, 1.82) is 0 Å². The van der Waals surface area contributed by atoms with Crippen molar-refractivity contribution in [2.45, 2.75) is 59.0 Å². The van der Waals surface area contributed by atoms with Crippen LogP contribution in [0.4, 0.5) is 0 Å².